The van der Waals surface area contributed by atoms with Gasteiger partial charge >= 0.3 is 5.97 Å². The average Bonchev–Trinajstić information content (AvgIpc) is 3.15. The number of likely N-dealkylation sites (tertiary alicyclic amines) is 2. The van der Waals surface area contributed by atoms with Crippen molar-refractivity contribution >= 4 is 17.8 Å². The highest BCUT2D eigenvalue weighted by Gasteiger charge is 2.41. The van der Waals surface area contributed by atoms with Crippen LogP contribution in [0.15, 0.2) is 0 Å². The summed E-state index contributed by atoms with van der Waals surface area (Å²) in [4.78, 5) is 40.6. The number of hydrogen-bond donors (Lipinski definition) is 1. The molecule has 3 aliphatic rings. The van der Waals surface area contributed by atoms with Gasteiger partial charge in [0.05, 0.1) is 5.92 Å². The summed E-state index contributed by atoms with van der Waals surface area (Å²) in [6.45, 7) is 2.69. The van der Waals surface area contributed by atoms with Gasteiger partial charge in [0, 0.05) is 38.0 Å². The van der Waals surface area contributed by atoms with Gasteiger partial charge in [0.15, 0.2) is 0 Å². The van der Waals surface area contributed by atoms with Crippen LogP contribution in [0.2, 0.25) is 0 Å². The van der Waals surface area contributed by atoms with Crippen LogP contribution in [0, 0.1) is 17.8 Å². The fourth-order valence-corrected chi connectivity index (χ4v) is 4.48. The number of amides is 2. The van der Waals surface area contributed by atoms with Crippen LogP contribution in [0.4, 0.5) is 0 Å². The fraction of sp³-hybridized carbons (Fsp3) is 0.833. The third kappa shape index (κ3) is 3.57. The van der Waals surface area contributed by atoms with E-state index in [4.69, 9.17) is 5.11 Å². The Morgan fingerprint density at radius 3 is 1.58 bits per heavy atom. The molecule has 1 aliphatic carbocycles. The maximum Gasteiger partial charge on any atom is 0.306 e. The molecular weight excluding hydrogens is 308 g/mol. The number of carbonyl (C=O) groups excluding carboxylic acids is 2. The summed E-state index contributed by atoms with van der Waals surface area (Å²) >= 11 is 0. The monoisotopic (exact) mass is 336 g/mol. The van der Waals surface area contributed by atoms with Gasteiger partial charge in [-0.15, -0.1) is 0 Å². The third-order valence-electron chi connectivity index (χ3n) is 5.97. The summed E-state index contributed by atoms with van der Waals surface area (Å²) in [6, 6.07) is 0. The van der Waals surface area contributed by atoms with Gasteiger partial charge in [-0.2, -0.15) is 0 Å². The molecule has 2 unspecified atom stereocenters. The first-order chi connectivity index (χ1) is 11.6. The van der Waals surface area contributed by atoms with Gasteiger partial charge in [-0.1, -0.05) is 12.8 Å². The largest absolute Gasteiger partial charge is 0.481 e. The normalized spacial score (nSPS) is 28.8. The highest BCUT2D eigenvalue weighted by atomic mass is 16.4. The minimum atomic E-state index is -0.762. The van der Waals surface area contributed by atoms with E-state index in [1.165, 1.54) is 0 Å². The number of piperidine rings is 1. The van der Waals surface area contributed by atoms with Crippen molar-refractivity contribution in [2.75, 3.05) is 26.2 Å². The zero-order valence-corrected chi connectivity index (χ0v) is 14.3. The summed E-state index contributed by atoms with van der Waals surface area (Å²) in [6.07, 6.45) is 6.83. The second-order valence-electron chi connectivity index (χ2n) is 7.47. The highest BCUT2D eigenvalue weighted by Crippen LogP contribution is 2.34. The van der Waals surface area contributed by atoms with E-state index in [0.717, 1.165) is 51.6 Å². The molecule has 0 aromatic heterocycles. The van der Waals surface area contributed by atoms with Crippen molar-refractivity contribution in [3.8, 4) is 0 Å². The minimum Gasteiger partial charge on any atom is -0.481 e. The van der Waals surface area contributed by atoms with E-state index < -0.39 is 5.97 Å². The molecule has 2 heterocycles. The standard InChI is InChI=1S/C18H28N2O4/c21-16(19-9-3-4-10-19)14-5-1-2-6-15(14)17(22)20-11-7-13(8-12-20)18(23)24/h13-15H,1-12H2,(H,23,24). The van der Waals surface area contributed by atoms with Crippen molar-refractivity contribution < 1.29 is 19.5 Å². The molecule has 6 heteroatoms. The number of rotatable bonds is 3. The highest BCUT2D eigenvalue weighted by molar-refractivity contribution is 5.88. The lowest BCUT2D eigenvalue weighted by molar-refractivity contribution is -0.150. The molecular formula is C18H28N2O4. The predicted octanol–water partition coefficient (Wildman–Crippen LogP) is 1.74. The van der Waals surface area contributed by atoms with Gasteiger partial charge in [0.2, 0.25) is 11.8 Å². The van der Waals surface area contributed by atoms with E-state index in [-0.39, 0.29) is 29.6 Å². The fourth-order valence-electron chi connectivity index (χ4n) is 4.48. The van der Waals surface area contributed by atoms with E-state index in [2.05, 4.69) is 0 Å². The van der Waals surface area contributed by atoms with Gasteiger partial charge in [-0.3, -0.25) is 14.4 Å². The van der Waals surface area contributed by atoms with Crippen LogP contribution >= 0.6 is 0 Å². The first kappa shape index (κ1) is 17.2. The molecule has 0 aromatic rings. The van der Waals surface area contributed by atoms with Gasteiger partial charge in [-0.25, -0.2) is 0 Å². The smallest absolute Gasteiger partial charge is 0.306 e. The molecule has 3 fully saturated rings. The summed E-state index contributed by atoms with van der Waals surface area (Å²) in [7, 11) is 0. The summed E-state index contributed by atoms with van der Waals surface area (Å²) < 4.78 is 0. The summed E-state index contributed by atoms with van der Waals surface area (Å²) in [5, 5.41) is 9.09. The van der Waals surface area contributed by atoms with Crippen molar-refractivity contribution in [3.63, 3.8) is 0 Å². The van der Waals surface area contributed by atoms with Crippen LogP contribution in [-0.2, 0) is 14.4 Å². The molecule has 6 nitrogen and oxygen atoms in total. The third-order valence-corrected chi connectivity index (χ3v) is 5.97. The van der Waals surface area contributed by atoms with Gasteiger partial charge in [0.1, 0.15) is 0 Å². The number of carboxylic acids is 1. The van der Waals surface area contributed by atoms with E-state index in [1.54, 1.807) is 4.90 Å². The van der Waals surface area contributed by atoms with Crippen LogP contribution in [0.3, 0.4) is 0 Å². The molecule has 1 saturated carbocycles. The second-order valence-corrected chi connectivity index (χ2v) is 7.47. The molecule has 2 saturated heterocycles. The Labute approximate surface area is 143 Å². The number of aliphatic carboxylic acids is 1. The molecule has 24 heavy (non-hydrogen) atoms. The Morgan fingerprint density at radius 1 is 0.667 bits per heavy atom. The number of carboxylic acid groups (broad SMARTS) is 1. The molecule has 2 aliphatic heterocycles. The molecule has 1 N–H and O–H groups in total. The summed E-state index contributed by atoms with van der Waals surface area (Å²) in [5.74, 6) is -1.21. The lowest BCUT2D eigenvalue weighted by Crippen LogP contribution is -2.48. The van der Waals surface area contributed by atoms with Gasteiger partial charge < -0.3 is 14.9 Å². The van der Waals surface area contributed by atoms with Crippen molar-refractivity contribution in [1.82, 2.24) is 9.80 Å². The van der Waals surface area contributed by atoms with Crippen LogP contribution in [0.1, 0.15) is 51.4 Å². The molecule has 134 valence electrons. The van der Waals surface area contributed by atoms with E-state index in [0.29, 0.717) is 25.9 Å². The first-order valence-electron chi connectivity index (χ1n) is 9.38. The zero-order valence-electron chi connectivity index (χ0n) is 14.3. The lowest BCUT2D eigenvalue weighted by Gasteiger charge is -2.38. The van der Waals surface area contributed by atoms with Crippen molar-refractivity contribution in [2.24, 2.45) is 17.8 Å². The van der Waals surface area contributed by atoms with Crippen molar-refractivity contribution in [2.45, 2.75) is 51.4 Å². The molecule has 0 bridgehead atoms. The zero-order chi connectivity index (χ0) is 17.1. The number of hydrogen-bond acceptors (Lipinski definition) is 3. The lowest BCUT2D eigenvalue weighted by atomic mass is 9.77. The molecule has 0 spiro atoms. The summed E-state index contributed by atoms with van der Waals surface area (Å²) in [5.41, 5.74) is 0. The molecule has 2 amide bonds. The van der Waals surface area contributed by atoms with Gasteiger partial charge in [-0.05, 0) is 38.5 Å². The van der Waals surface area contributed by atoms with Crippen LogP contribution < -0.4 is 0 Å². The minimum absolute atomic E-state index is 0.0797. The Hall–Kier alpha value is -1.59. The molecule has 3 rings (SSSR count). The Kier molecular flexibility index (Phi) is 5.41. The Morgan fingerprint density at radius 2 is 1.12 bits per heavy atom. The van der Waals surface area contributed by atoms with Gasteiger partial charge in [0.25, 0.3) is 0 Å². The van der Waals surface area contributed by atoms with Crippen LogP contribution in [-0.4, -0.2) is 58.9 Å². The molecule has 0 aromatic carbocycles. The molecule has 0 radical (unpaired) electrons. The molecule has 2 atom stereocenters. The quantitative estimate of drug-likeness (QED) is 0.851. The topological polar surface area (TPSA) is 77.9 Å². The van der Waals surface area contributed by atoms with E-state index in [1.807, 2.05) is 4.90 Å². The van der Waals surface area contributed by atoms with Crippen LogP contribution in [0.5, 0.6) is 0 Å². The first-order valence-corrected chi connectivity index (χ1v) is 9.38. The SMILES string of the molecule is O=C(O)C1CCN(C(=O)C2CCCCC2C(=O)N2CCCC2)CC1. The average molecular weight is 336 g/mol. The van der Waals surface area contributed by atoms with Crippen molar-refractivity contribution in [1.29, 1.82) is 0 Å². The maximum absolute atomic E-state index is 13.0. The second kappa shape index (κ2) is 7.53. The maximum atomic E-state index is 13.0. The van der Waals surface area contributed by atoms with Crippen molar-refractivity contribution in [3.05, 3.63) is 0 Å². The van der Waals surface area contributed by atoms with E-state index in [9.17, 15) is 14.4 Å². The predicted molar refractivity (Wildman–Crippen MR) is 88.2 cm³/mol. The van der Waals surface area contributed by atoms with Crippen LogP contribution in [0.25, 0.3) is 0 Å². The Balaban J connectivity index is 1.63. The number of carbonyl (C=O) groups is 3. The number of nitrogens with zero attached hydrogens (tertiary/aromatic N) is 2. The Bertz CT molecular complexity index is 493. The van der Waals surface area contributed by atoms with E-state index >= 15 is 0 Å².